The Morgan fingerprint density at radius 1 is 1.29 bits per heavy atom. The molecule has 0 aromatic heterocycles. The number of carbonyl (C=O) groups is 2. The van der Waals surface area contributed by atoms with Gasteiger partial charge in [-0.1, -0.05) is 13.0 Å². The summed E-state index contributed by atoms with van der Waals surface area (Å²) in [5.74, 6) is -0.168. The molecule has 1 aromatic rings. The average Bonchev–Trinajstić information content (AvgIpc) is 2.31. The molecular weight excluding hydrogens is 216 g/mol. The molecule has 17 heavy (non-hydrogen) atoms. The molecule has 0 heterocycles. The summed E-state index contributed by atoms with van der Waals surface area (Å²) >= 11 is 0. The first kappa shape index (κ1) is 13.2. The summed E-state index contributed by atoms with van der Waals surface area (Å²) in [6, 6.07) is 5.30. The van der Waals surface area contributed by atoms with Crippen molar-refractivity contribution >= 4 is 17.5 Å². The van der Waals surface area contributed by atoms with Gasteiger partial charge in [0.1, 0.15) is 0 Å². The van der Waals surface area contributed by atoms with Gasteiger partial charge in [0, 0.05) is 24.7 Å². The number of hydrogen-bond acceptors (Lipinski definition) is 2. The van der Waals surface area contributed by atoms with Crippen molar-refractivity contribution in [3.63, 3.8) is 0 Å². The lowest BCUT2D eigenvalue weighted by Crippen LogP contribution is -2.20. The van der Waals surface area contributed by atoms with Gasteiger partial charge in [-0.3, -0.25) is 9.59 Å². The minimum atomic E-state index is -0.144. The standard InChI is InChI=1S/C13H18N2O2/c1-4-6-12(16)15-11-8-5-7-10(9(11)2)13(17)14-3/h5,7-8H,4,6H2,1-3H3,(H,14,17)(H,15,16). The molecule has 4 nitrogen and oxygen atoms in total. The number of rotatable bonds is 4. The van der Waals surface area contributed by atoms with E-state index in [0.29, 0.717) is 17.7 Å². The van der Waals surface area contributed by atoms with Gasteiger partial charge in [-0.05, 0) is 31.0 Å². The summed E-state index contributed by atoms with van der Waals surface area (Å²) < 4.78 is 0. The SMILES string of the molecule is CCCC(=O)Nc1cccc(C(=O)NC)c1C. The first-order valence-corrected chi connectivity index (χ1v) is 5.71. The van der Waals surface area contributed by atoms with Crippen molar-refractivity contribution < 1.29 is 9.59 Å². The highest BCUT2D eigenvalue weighted by Gasteiger charge is 2.11. The van der Waals surface area contributed by atoms with Gasteiger partial charge in [0.15, 0.2) is 0 Å². The molecule has 0 aliphatic carbocycles. The van der Waals surface area contributed by atoms with Crippen LogP contribution in [0.1, 0.15) is 35.7 Å². The van der Waals surface area contributed by atoms with Crippen LogP contribution in [-0.4, -0.2) is 18.9 Å². The molecule has 4 heteroatoms. The molecule has 92 valence electrons. The maximum absolute atomic E-state index is 11.6. The molecule has 0 spiro atoms. The Balaban J connectivity index is 2.94. The van der Waals surface area contributed by atoms with Crippen LogP contribution in [0.2, 0.25) is 0 Å². The monoisotopic (exact) mass is 234 g/mol. The molecule has 0 atom stereocenters. The highest BCUT2D eigenvalue weighted by atomic mass is 16.2. The molecule has 1 rings (SSSR count). The molecular formula is C13H18N2O2. The van der Waals surface area contributed by atoms with Gasteiger partial charge < -0.3 is 10.6 Å². The van der Waals surface area contributed by atoms with Crippen LogP contribution >= 0.6 is 0 Å². The fourth-order valence-corrected chi connectivity index (χ4v) is 1.59. The van der Waals surface area contributed by atoms with E-state index in [1.807, 2.05) is 13.8 Å². The molecule has 1 aromatic carbocycles. The fraction of sp³-hybridized carbons (Fsp3) is 0.385. The molecule has 0 bridgehead atoms. The van der Waals surface area contributed by atoms with Crippen LogP contribution in [0.4, 0.5) is 5.69 Å². The van der Waals surface area contributed by atoms with E-state index < -0.39 is 0 Å². The van der Waals surface area contributed by atoms with E-state index in [0.717, 1.165) is 12.0 Å². The largest absolute Gasteiger partial charge is 0.355 e. The molecule has 2 N–H and O–H groups in total. The Bertz CT molecular complexity index is 427. The zero-order valence-electron chi connectivity index (χ0n) is 10.5. The first-order valence-electron chi connectivity index (χ1n) is 5.71. The predicted octanol–water partition coefficient (Wildman–Crippen LogP) is 2.09. The molecule has 0 saturated carbocycles. The molecule has 0 radical (unpaired) electrons. The highest BCUT2D eigenvalue weighted by Crippen LogP contribution is 2.19. The van der Waals surface area contributed by atoms with Gasteiger partial charge in [-0.15, -0.1) is 0 Å². The van der Waals surface area contributed by atoms with Crippen LogP contribution in [0.15, 0.2) is 18.2 Å². The average molecular weight is 234 g/mol. The van der Waals surface area contributed by atoms with Crippen molar-refractivity contribution in [1.29, 1.82) is 0 Å². The molecule has 0 saturated heterocycles. The van der Waals surface area contributed by atoms with Crippen molar-refractivity contribution in [3.05, 3.63) is 29.3 Å². The summed E-state index contributed by atoms with van der Waals surface area (Å²) in [7, 11) is 1.59. The lowest BCUT2D eigenvalue weighted by atomic mass is 10.1. The summed E-state index contributed by atoms with van der Waals surface area (Å²) in [5, 5.41) is 5.39. The van der Waals surface area contributed by atoms with Crippen LogP contribution in [0.3, 0.4) is 0 Å². The number of carbonyl (C=O) groups excluding carboxylic acids is 2. The van der Waals surface area contributed by atoms with Crippen LogP contribution in [0.25, 0.3) is 0 Å². The number of anilines is 1. The Labute approximate surface area is 101 Å². The number of nitrogens with one attached hydrogen (secondary N) is 2. The lowest BCUT2D eigenvalue weighted by molar-refractivity contribution is -0.116. The summed E-state index contributed by atoms with van der Waals surface area (Å²) in [6.45, 7) is 3.78. The molecule has 0 aliphatic rings. The van der Waals surface area contributed by atoms with Crippen LogP contribution < -0.4 is 10.6 Å². The zero-order valence-corrected chi connectivity index (χ0v) is 10.5. The van der Waals surface area contributed by atoms with E-state index in [2.05, 4.69) is 10.6 Å². The molecule has 0 aliphatic heterocycles. The second-order valence-electron chi connectivity index (χ2n) is 3.86. The normalized spacial score (nSPS) is 9.82. The van der Waals surface area contributed by atoms with Crippen molar-refractivity contribution in [3.8, 4) is 0 Å². The zero-order chi connectivity index (χ0) is 12.8. The summed E-state index contributed by atoms with van der Waals surface area (Å²) in [4.78, 5) is 23.1. The number of amides is 2. The van der Waals surface area contributed by atoms with Crippen molar-refractivity contribution in [2.75, 3.05) is 12.4 Å². The third-order valence-electron chi connectivity index (χ3n) is 2.56. The maximum Gasteiger partial charge on any atom is 0.251 e. The third kappa shape index (κ3) is 3.31. The fourth-order valence-electron chi connectivity index (χ4n) is 1.59. The van der Waals surface area contributed by atoms with Crippen LogP contribution in [0, 0.1) is 6.92 Å². The van der Waals surface area contributed by atoms with E-state index in [9.17, 15) is 9.59 Å². The van der Waals surface area contributed by atoms with Gasteiger partial charge in [0.25, 0.3) is 5.91 Å². The van der Waals surface area contributed by atoms with Gasteiger partial charge in [0.05, 0.1) is 0 Å². The van der Waals surface area contributed by atoms with E-state index in [-0.39, 0.29) is 11.8 Å². The molecule has 0 fully saturated rings. The lowest BCUT2D eigenvalue weighted by Gasteiger charge is -2.11. The number of hydrogen-bond donors (Lipinski definition) is 2. The van der Waals surface area contributed by atoms with E-state index >= 15 is 0 Å². The van der Waals surface area contributed by atoms with Crippen molar-refractivity contribution in [2.24, 2.45) is 0 Å². The van der Waals surface area contributed by atoms with E-state index in [1.54, 1.807) is 25.2 Å². The minimum Gasteiger partial charge on any atom is -0.355 e. The maximum atomic E-state index is 11.6. The number of benzene rings is 1. The third-order valence-corrected chi connectivity index (χ3v) is 2.56. The second kappa shape index (κ2) is 6.03. The second-order valence-corrected chi connectivity index (χ2v) is 3.86. The van der Waals surface area contributed by atoms with Crippen LogP contribution in [0.5, 0.6) is 0 Å². The Kier molecular flexibility index (Phi) is 4.69. The molecule has 0 unspecified atom stereocenters. The Morgan fingerprint density at radius 2 is 2.00 bits per heavy atom. The molecule has 2 amide bonds. The van der Waals surface area contributed by atoms with Gasteiger partial charge in [-0.25, -0.2) is 0 Å². The minimum absolute atomic E-state index is 0.0235. The van der Waals surface area contributed by atoms with Crippen LogP contribution in [-0.2, 0) is 4.79 Å². The van der Waals surface area contributed by atoms with Crippen molar-refractivity contribution in [2.45, 2.75) is 26.7 Å². The van der Waals surface area contributed by atoms with E-state index in [4.69, 9.17) is 0 Å². The summed E-state index contributed by atoms with van der Waals surface area (Å²) in [5.41, 5.74) is 2.07. The van der Waals surface area contributed by atoms with Gasteiger partial charge in [0.2, 0.25) is 5.91 Å². The predicted molar refractivity (Wildman–Crippen MR) is 68.1 cm³/mol. The topological polar surface area (TPSA) is 58.2 Å². The quantitative estimate of drug-likeness (QED) is 0.838. The highest BCUT2D eigenvalue weighted by molar-refractivity contribution is 5.99. The Morgan fingerprint density at radius 3 is 2.59 bits per heavy atom. The van der Waals surface area contributed by atoms with Crippen molar-refractivity contribution in [1.82, 2.24) is 5.32 Å². The van der Waals surface area contributed by atoms with Gasteiger partial charge >= 0.3 is 0 Å². The summed E-state index contributed by atoms with van der Waals surface area (Å²) in [6.07, 6.45) is 1.30. The Hall–Kier alpha value is -1.84. The van der Waals surface area contributed by atoms with E-state index in [1.165, 1.54) is 0 Å². The first-order chi connectivity index (χ1) is 8.10. The van der Waals surface area contributed by atoms with Gasteiger partial charge in [-0.2, -0.15) is 0 Å². The smallest absolute Gasteiger partial charge is 0.251 e.